The third-order valence-electron chi connectivity index (χ3n) is 3.68. The molecule has 8 heteroatoms. The van der Waals surface area contributed by atoms with E-state index in [4.69, 9.17) is 22.6 Å². The van der Waals surface area contributed by atoms with Crippen molar-refractivity contribution in [3.8, 4) is 6.07 Å². The zero-order valence-corrected chi connectivity index (χ0v) is 13.7. The molecule has 1 aromatic rings. The molecular formula is C16H18ClN5O2. The highest BCUT2D eigenvalue weighted by molar-refractivity contribution is 6.34. The smallest absolute Gasteiger partial charge is 0.267 e. The highest BCUT2D eigenvalue weighted by atomic mass is 35.5. The zero-order chi connectivity index (χ0) is 17.5. The summed E-state index contributed by atoms with van der Waals surface area (Å²) in [7, 11) is 0. The van der Waals surface area contributed by atoms with Gasteiger partial charge in [0.05, 0.1) is 10.7 Å². The SMILES string of the molecule is N#C/C(=C/NC(=O)C1CCNCC1)C(=O)Nc1ccc(N)cc1Cl. The van der Waals surface area contributed by atoms with E-state index in [1.807, 2.05) is 0 Å². The molecule has 0 aromatic heterocycles. The standard InChI is InChI=1S/C16H18ClN5O2/c17-13-7-12(19)1-2-14(13)22-16(24)11(8-18)9-21-15(23)10-3-5-20-6-4-10/h1-2,7,9-10,20H,3-6,19H2,(H,21,23)(H,22,24)/b11-9-. The van der Waals surface area contributed by atoms with Crippen LogP contribution in [-0.2, 0) is 9.59 Å². The van der Waals surface area contributed by atoms with Crippen molar-refractivity contribution in [1.82, 2.24) is 10.6 Å². The van der Waals surface area contributed by atoms with Crippen LogP contribution >= 0.6 is 11.6 Å². The third-order valence-corrected chi connectivity index (χ3v) is 3.99. The number of hydrogen-bond donors (Lipinski definition) is 4. The van der Waals surface area contributed by atoms with E-state index in [1.165, 1.54) is 12.1 Å². The minimum atomic E-state index is -0.658. The minimum absolute atomic E-state index is 0.114. The molecule has 1 aliphatic heterocycles. The van der Waals surface area contributed by atoms with Gasteiger partial charge in [0.25, 0.3) is 5.91 Å². The molecule has 126 valence electrons. The number of nitrogens with one attached hydrogen (secondary N) is 3. The van der Waals surface area contributed by atoms with Crippen molar-refractivity contribution >= 4 is 34.8 Å². The molecule has 24 heavy (non-hydrogen) atoms. The topological polar surface area (TPSA) is 120 Å². The Morgan fingerprint density at radius 1 is 1.38 bits per heavy atom. The molecule has 5 N–H and O–H groups in total. The van der Waals surface area contributed by atoms with E-state index >= 15 is 0 Å². The summed E-state index contributed by atoms with van der Waals surface area (Å²) in [5, 5.41) is 17.6. The van der Waals surface area contributed by atoms with Crippen molar-refractivity contribution < 1.29 is 9.59 Å². The number of piperidine rings is 1. The van der Waals surface area contributed by atoms with Gasteiger partial charge in [0.2, 0.25) is 5.91 Å². The fourth-order valence-corrected chi connectivity index (χ4v) is 2.55. The van der Waals surface area contributed by atoms with Crippen LogP contribution < -0.4 is 21.7 Å². The molecule has 1 saturated heterocycles. The number of nitrogens with zero attached hydrogens (tertiary/aromatic N) is 1. The maximum absolute atomic E-state index is 12.1. The molecule has 2 amide bonds. The Morgan fingerprint density at radius 3 is 2.71 bits per heavy atom. The Kier molecular flexibility index (Phi) is 6.18. The quantitative estimate of drug-likeness (QED) is 0.372. The Balaban J connectivity index is 2.00. The number of hydrogen-bond acceptors (Lipinski definition) is 5. The van der Waals surface area contributed by atoms with Gasteiger partial charge in [-0.25, -0.2) is 0 Å². The van der Waals surface area contributed by atoms with Crippen LogP contribution in [-0.4, -0.2) is 24.9 Å². The molecule has 1 aromatic carbocycles. The van der Waals surface area contributed by atoms with Gasteiger partial charge in [-0.15, -0.1) is 0 Å². The second-order valence-corrected chi connectivity index (χ2v) is 5.80. The minimum Gasteiger partial charge on any atom is -0.399 e. The van der Waals surface area contributed by atoms with Crippen molar-refractivity contribution in [2.75, 3.05) is 24.1 Å². The summed E-state index contributed by atoms with van der Waals surface area (Å²) in [5.41, 5.74) is 6.16. The van der Waals surface area contributed by atoms with Crippen LogP contribution in [0.25, 0.3) is 0 Å². The number of nitrogens with two attached hydrogens (primary N) is 1. The first-order chi connectivity index (χ1) is 11.5. The van der Waals surface area contributed by atoms with Crippen LogP contribution in [0, 0.1) is 17.2 Å². The average Bonchev–Trinajstić information content (AvgIpc) is 2.58. The fraction of sp³-hybridized carbons (Fsp3) is 0.312. The Hall–Kier alpha value is -2.56. The molecule has 0 bridgehead atoms. The number of nitrogen functional groups attached to an aromatic ring is 1. The summed E-state index contributed by atoms with van der Waals surface area (Å²) < 4.78 is 0. The van der Waals surface area contributed by atoms with Gasteiger partial charge in [-0.1, -0.05) is 11.6 Å². The van der Waals surface area contributed by atoms with Crippen molar-refractivity contribution in [2.45, 2.75) is 12.8 Å². The summed E-state index contributed by atoms with van der Waals surface area (Å²) in [6.45, 7) is 1.56. The molecule has 0 unspecified atom stereocenters. The maximum atomic E-state index is 12.1. The van der Waals surface area contributed by atoms with E-state index in [2.05, 4.69) is 16.0 Å². The number of benzene rings is 1. The van der Waals surface area contributed by atoms with Crippen molar-refractivity contribution in [3.05, 3.63) is 35.0 Å². The second kappa shape index (κ2) is 8.34. The van der Waals surface area contributed by atoms with Crippen molar-refractivity contribution in [3.63, 3.8) is 0 Å². The molecule has 1 aliphatic rings. The van der Waals surface area contributed by atoms with Gasteiger partial charge in [-0.3, -0.25) is 9.59 Å². The molecular weight excluding hydrogens is 330 g/mol. The van der Waals surface area contributed by atoms with Gasteiger partial charge in [0.15, 0.2) is 0 Å². The van der Waals surface area contributed by atoms with E-state index in [-0.39, 0.29) is 22.4 Å². The first kappa shape index (κ1) is 17.8. The van der Waals surface area contributed by atoms with Crippen LogP contribution in [0.1, 0.15) is 12.8 Å². The summed E-state index contributed by atoms with van der Waals surface area (Å²) >= 11 is 5.98. The number of halogens is 1. The summed E-state index contributed by atoms with van der Waals surface area (Å²) in [5.74, 6) is -0.964. The number of rotatable bonds is 4. The molecule has 1 fully saturated rings. The highest BCUT2D eigenvalue weighted by Gasteiger charge is 2.20. The first-order valence-electron chi connectivity index (χ1n) is 7.49. The van der Waals surface area contributed by atoms with E-state index < -0.39 is 5.91 Å². The van der Waals surface area contributed by atoms with Crippen molar-refractivity contribution in [1.29, 1.82) is 5.26 Å². The molecule has 7 nitrogen and oxygen atoms in total. The Labute approximate surface area is 144 Å². The number of anilines is 2. The Bertz CT molecular complexity index is 705. The van der Waals surface area contributed by atoms with Crippen LogP contribution in [0.5, 0.6) is 0 Å². The van der Waals surface area contributed by atoms with Gasteiger partial charge in [0.1, 0.15) is 11.6 Å². The lowest BCUT2D eigenvalue weighted by molar-refractivity contribution is -0.124. The lowest BCUT2D eigenvalue weighted by Crippen LogP contribution is -2.36. The molecule has 0 atom stereocenters. The number of nitriles is 1. The Morgan fingerprint density at radius 2 is 2.08 bits per heavy atom. The van der Waals surface area contributed by atoms with Gasteiger partial charge < -0.3 is 21.7 Å². The molecule has 2 rings (SSSR count). The van der Waals surface area contributed by atoms with Crippen LogP contribution in [0.4, 0.5) is 11.4 Å². The van der Waals surface area contributed by atoms with E-state index in [1.54, 1.807) is 12.1 Å². The van der Waals surface area contributed by atoms with Gasteiger partial charge in [-0.2, -0.15) is 5.26 Å². The van der Waals surface area contributed by atoms with Crippen LogP contribution in [0.15, 0.2) is 30.0 Å². The summed E-state index contributed by atoms with van der Waals surface area (Å²) in [6, 6.07) is 6.38. The van der Waals surface area contributed by atoms with Crippen LogP contribution in [0.2, 0.25) is 5.02 Å². The molecule has 0 aliphatic carbocycles. The summed E-state index contributed by atoms with van der Waals surface area (Å²) in [4.78, 5) is 24.1. The number of carbonyl (C=O) groups excluding carboxylic acids is 2. The molecule has 0 spiro atoms. The van der Waals surface area contributed by atoms with E-state index in [0.29, 0.717) is 11.4 Å². The van der Waals surface area contributed by atoms with Gasteiger partial charge in [0, 0.05) is 17.8 Å². The first-order valence-corrected chi connectivity index (χ1v) is 7.87. The summed E-state index contributed by atoms with van der Waals surface area (Å²) in [6.07, 6.45) is 2.59. The maximum Gasteiger partial charge on any atom is 0.267 e. The predicted molar refractivity (Wildman–Crippen MR) is 91.9 cm³/mol. The molecule has 0 saturated carbocycles. The number of carbonyl (C=O) groups is 2. The van der Waals surface area contributed by atoms with Gasteiger partial charge >= 0.3 is 0 Å². The van der Waals surface area contributed by atoms with Gasteiger partial charge in [-0.05, 0) is 44.1 Å². The highest BCUT2D eigenvalue weighted by Crippen LogP contribution is 2.24. The molecule has 1 heterocycles. The number of amides is 2. The normalized spacial score (nSPS) is 15.4. The predicted octanol–water partition coefficient (Wildman–Crippen LogP) is 1.38. The lowest BCUT2D eigenvalue weighted by atomic mass is 9.97. The van der Waals surface area contributed by atoms with E-state index in [9.17, 15) is 9.59 Å². The molecule has 0 radical (unpaired) electrons. The van der Waals surface area contributed by atoms with Crippen molar-refractivity contribution in [2.24, 2.45) is 5.92 Å². The average molecular weight is 348 g/mol. The fourth-order valence-electron chi connectivity index (χ4n) is 2.32. The zero-order valence-electron chi connectivity index (χ0n) is 12.9. The van der Waals surface area contributed by atoms with Crippen LogP contribution in [0.3, 0.4) is 0 Å². The third kappa shape index (κ3) is 4.72. The monoisotopic (exact) mass is 347 g/mol. The second-order valence-electron chi connectivity index (χ2n) is 5.40. The lowest BCUT2D eigenvalue weighted by Gasteiger charge is -2.20. The van der Waals surface area contributed by atoms with E-state index in [0.717, 1.165) is 32.1 Å². The largest absolute Gasteiger partial charge is 0.399 e.